The van der Waals surface area contributed by atoms with Gasteiger partial charge in [0.1, 0.15) is 17.0 Å². The fourth-order valence-corrected chi connectivity index (χ4v) is 5.51. The van der Waals surface area contributed by atoms with Crippen molar-refractivity contribution in [2.75, 3.05) is 50.5 Å². The Morgan fingerprint density at radius 2 is 1.80 bits per heavy atom. The molecule has 0 saturated carbocycles. The number of thiazole rings is 1. The van der Waals surface area contributed by atoms with Crippen molar-refractivity contribution in [1.29, 1.82) is 0 Å². The summed E-state index contributed by atoms with van der Waals surface area (Å²) >= 11 is 3.32. The van der Waals surface area contributed by atoms with E-state index in [-0.39, 0.29) is 18.3 Å². The van der Waals surface area contributed by atoms with Crippen molar-refractivity contribution in [2.24, 2.45) is 0 Å². The van der Waals surface area contributed by atoms with E-state index in [0.29, 0.717) is 19.6 Å². The summed E-state index contributed by atoms with van der Waals surface area (Å²) in [6.45, 7) is 10.2. The largest absolute Gasteiger partial charge is 0.497 e. The standard InChI is InChI=1S/C26H35N3O3S2.ClH/c1-5-28(6-2)17-18-29(26-27-25-22(32-7-3)10-8-11-23(25)34-26)24(30)12-9-19-33-21-15-13-20(31-4)14-16-21;/h8,10-11,13-16H,5-7,9,12,17-19H2,1-4H3;1H. The molecule has 1 heterocycles. The lowest BCUT2D eigenvalue weighted by molar-refractivity contribution is -0.118. The topological polar surface area (TPSA) is 54.9 Å². The normalized spacial score (nSPS) is 10.9. The molecule has 1 amide bonds. The predicted molar refractivity (Wildman–Crippen MR) is 151 cm³/mol. The van der Waals surface area contributed by atoms with Gasteiger partial charge in [0.05, 0.1) is 18.4 Å². The van der Waals surface area contributed by atoms with Crippen LogP contribution in [0.5, 0.6) is 11.5 Å². The van der Waals surface area contributed by atoms with Gasteiger partial charge in [0, 0.05) is 24.4 Å². The summed E-state index contributed by atoms with van der Waals surface area (Å²) in [5, 5.41) is 0.752. The number of hydrogen-bond acceptors (Lipinski definition) is 7. The van der Waals surface area contributed by atoms with Gasteiger partial charge in [-0.3, -0.25) is 9.69 Å². The number of amides is 1. The van der Waals surface area contributed by atoms with Crippen molar-refractivity contribution in [3.8, 4) is 11.5 Å². The number of fused-ring (bicyclic) bond motifs is 1. The van der Waals surface area contributed by atoms with Crippen molar-refractivity contribution in [3.63, 3.8) is 0 Å². The second-order valence-corrected chi connectivity index (χ2v) is 9.91. The highest BCUT2D eigenvalue weighted by molar-refractivity contribution is 7.99. The fourth-order valence-electron chi connectivity index (χ4n) is 3.63. The zero-order chi connectivity index (χ0) is 24.3. The molecule has 0 aliphatic rings. The molecule has 3 rings (SSSR count). The number of hydrogen-bond donors (Lipinski definition) is 0. The lowest BCUT2D eigenvalue weighted by Crippen LogP contribution is -2.38. The third-order valence-electron chi connectivity index (χ3n) is 5.60. The Labute approximate surface area is 223 Å². The van der Waals surface area contributed by atoms with Crippen molar-refractivity contribution in [2.45, 2.75) is 38.5 Å². The monoisotopic (exact) mass is 537 g/mol. The van der Waals surface area contributed by atoms with Gasteiger partial charge in [-0.1, -0.05) is 31.3 Å². The Morgan fingerprint density at radius 3 is 2.46 bits per heavy atom. The first kappa shape index (κ1) is 29.2. The summed E-state index contributed by atoms with van der Waals surface area (Å²) in [5.41, 5.74) is 0.833. The number of thioether (sulfide) groups is 1. The first-order valence-electron chi connectivity index (χ1n) is 11.9. The number of methoxy groups -OCH3 is 1. The maximum Gasteiger partial charge on any atom is 0.228 e. The maximum absolute atomic E-state index is 13.3. The van der Waals surface area contributed by atoms with Gasteiger partial charge < -0.3 is 14.4 Å². The third kappa shape index (κ3) is 8.27. The van der Waals surface area contributed by atoms with Gasteiger partial charge >= 0.3 is 0 Å². The second kappa shape index (κ2) is 15.2. The number of anilines is 1. The van der Waals surface area contributed by atoms with E-state index in [4.69, 9.17) is 14.5 Å². The fraction of sp³-hybridized carbons (Fsp3) is 0.462. The number of rotatable bonds is 14. The van der Waals surface area contributed by atoms with Crippen LogP contribution in [0.2, 0.25) is 0 Å². The highest BCUT2D eigenvalue weighted by Gasteiger charge is 2.21. The van der Waals surface area contributed by atoms with Gasteiger partial charge in [0.2, 0.25) is 5.91 Å². The molecule has 0 saturated heterocycles. The first-order chi connectivity index (χ1) is 16.6. The molecule has 9 heteroatoms. The number of carbonyl (C=O) groups is 1. The van der Waals surface area contributed by atoms with E-state index in [1.807, 2.05) is 42.2 Å². The molecule has 0 unspecified atom stereocenters. The van der Waals surface area contributed by atoms with Crippen molar-refractivity contribution in [3.05, 3.63) is 42.5 Å². The van der Waals surface area contributed by atoms with E-state index in [0.717, 1.165) is 58.7 Å². The quantitative estimate of drug-likeness (QED) is 0.176. The molecular weight excluding hydrogens is 502 g/mol. The van der Waals surface area contributed by atoms with Gasteiger partial charge in [-0.15, -0.1) is 24.2 Å². The first-order valence-corrected chi connectivity index (χ1v) is 13.7. The molecule has 35 heavy (non-hydrogen) atoms. The smallest absolute Gasteiger partial charge is 0.228 e. The molecule has 2 aromatic carbocycles. The number of nitrogens with zero attached hydrogens (tertiary/aromatic N) is 3. The van der Waals surface area contributed by atoms with E-state index in [9.17, 15) is 4.79 Å². The maximum atomic E-state index is 13.3. The van der Waals surface area contributed by atoms with E-state index >= 15 is 0 Å². The van der Waals surface area contributed by atoms with Crippen molar-refractivity contribution in [1.82, 2.24) is 9.88 Å². The van der Waals surface area contributed by atoms with Crippen molar-refractivity contribution >= 4 is 56.8 Å². The lowest BCUT2D eigenvalue weighted by Gasteiger charge is -2.24. The number of carbonyl (C=O) groups excluding carboxylic acids is 1. The molecule has 3 aromatic rings. The molecule has 0 atom stereocenters. The Morgan fingerprint density at radius 1 is 1.06 bits per heavy atom. The zero-order valence-electron chi connectivity index (χ0n) is 21.0. The van der Waals surface area contributed by atoms with Crippen LogP contribution in [0, 0.1) is 0 Å². The van der Waals surface area contributed by atoms with Crippen LogP contribution in [0.15, 0.2) is 47.4 Å². The molecule has 0 aliphatic carbocycles. The highest BCUT2D eigenvalue weighted by atomic mass is 35.5. The number of likely N-dealkylation sites (N-methyl/N-ethyl adjacent to an activating group) is 1. The summed E-state index contributed by atoms with van der Waals surface area (Å²) in [4.78, 5) is 23.6. The van der Waals surface area contributed by atoms with Gasteiger partial charge in [-0.05, 0) is 68.6 Å². The Bertz CT molecular complexity index is 1040. The second-order valence-electron chi connectivity index (χ2n) is 7.73. The van der Waals surface area contributed by atoms with E-state index in [1.54, 1.807) is 30.2 Å². The Balaban J connectivity index is 0.00000432. The minimum absolute atomic E-state index is 0. The van der Waals surface area contributed by atoms with Gasteiger partial charge in [0.15, 0.2) is 5.13 Å². The summed E-state index contributed by atoms with van der Waals surface area (Å²) in [6, 6.07) is 14.0. The number of aromatic nitrogens is 1. The average molecular weight is 538 g/mol. The van der Waals surface area contributed by atoms with Crippen LogP contribution < -0.4 is 14.4 Å². The minimum Gasteiger partial charge on any atom is -0.497 e. The molecule has 6 nitrogen and oxygen atoms in total. The molecule has 0 aliphatic heterocycles. The summed E-state index contributed by atoms with van der Waals surface area (Å²) in [6.07, 6.45) is 1.31. The van der Waals surface area contributed by atoms with Crippen LogP contribution >= 0.6 is 35.5 Å². The molecule has 0 N–H and O–H groups in total. The van der Waals surface area contributed by atoms with Crippen LogP contribution in [0.3, 0.4) is 0 Å². The highest BCUT2D eigenvalue weighted by Crippen LogP contribution is 2.34. The van der Waals surface area contributed by atoms with E-state index < -0.39 is 0 Å². The molecule has 192 valence electrons. The lowest BCUT2D eigenvalue weighted by atomic mass is 10.3. The van der Waals surface area contributed by atoms with Gasteiger partial charge in [-0.2, -0.15) is 0 Å². The summed E-state index contributed by atoms with van der Waals surface area (Å²) in [7, 11) is 1.67. The van der Waals surface area contributed by atoms with E-state index in [1.165, 1.54) is 4.90 Å². The van der Waals surface area contributed by atoms with E-state index in [2.05, 4.69) is 30.9 Å². The Hall–Kier alpha value is -2.00. The zero-order valence-corrected chi connectivity index (χ0v) is 23.4. The molecule has 1 aromatic heterocycles. The molecule has 0 spiro atoms. The molecule has 0 fully saturated rings. The van der Waals surface area contributed by atoms with Crippen LogP contribution in [0.1, 0.15) is 33.6 Å². The SMILES string of the molecule is CCOc1cccc2sc(N(CCN(CC)CC)C(=O)CCCSc3ccc(OC)cc3)nc12.Cl. The van der Waals surface area contributed by atoms with Gasteiger partial charge in [0.25, 0.3) is 0 Å². The average Bonchev–Trinajstić information content (AvgIpc) is 3.30. The van der Waals surface area contributed by atoms with Crippen molar-refractivity contribution < 1.29 is 14.3 Å². The number of halogens is 1. The number of benzene rings is 2. The summed E-state index contributed by atoms with van der Waals surface area (Å²) in [5.74, 6) is 2.64. The molecule has 0 bridgehead atoms. The van der Waals surface area contributed by atoms with Crippen LogP contribution in [0.25, 0.3) is 10.2 Å². The minimum atomic E-state index is 0. The van der Waals surface area contributed by atoms with Gasteiger partial charge in [-0.25, -0.2) is 4.98 Å². The molecular formula is C26H36ClN3O3S2. The van der Waals surface area contributed by atoms with Crippen LogP contribution in [-0.4, -0.2) is 61.4 Å². The third-order valence-corrected chi connectivity index (χ3v) is 7.74. The summed E-state index contributed by atoms with van der Waals surface area (Å²) < 4.78 is 12.0. The van der Waals surface area contributed by atoms with Crippen LogP contribution in [0.4, 0.5) is 5.13 Å². The molecule has 0 radical (unpaired) electrons. The number of ether oxygens (including phenoxy) is 2. The predicted octanol–water partition coefficient (Wildman–Crippen LogP) is 6.37. The Kier molecular flexibility index (Phi) is 12.7. The number of para-hydroxylation sites is 1. The van der Waals surface area contributed by atoms with Crippen LogP contribution in [-0.2, 0) is 4.79 Å².